The average molecular weight is 518 g/mol. The van der Waals surface area contributed by atoms with Gasteiger partial charge >= 0.3 is 0 Å². The van der Waals surface area contributed by atoms with Crippen molar-refractivity contribution < 1.29 is 19.0 Å². The normalized spacial score (nSPS) is 14.1. The summed E-state index contributed by atoms with van der Waals surface area (Å²) in [5, 5.41) is 0. The van der Waals surface area contributed by atoms with Gasteiger partial charge in [-0.2, -0.15) is 0 Å². The second kappa shape index (κ2) is 14.8. The van der Waals surface area contributed by atoms with Gasteiger partial charge in [-0.1, -0.05) is 143 Å². The Labute approximate surface area is 228 Å². The number of benzene rings is 3. The van der Waals surface area contributed by atoms with E-state index in [2.05, 4.69) is 6.92 Å². The first-order valence-electron chi connectivity index (χ1n) is 13.8. The van der Waals surface area contributed by atoms with Crippen LogP contribution in [0.5, 0.6) is 0 Å². The van der Waals surface area contributed by atoms with Crippen molar-refractivity contribution in [2.45, 2.75) is 75.8 Å². The van der Waals surface area contributed by atoms with Crippen molar-refractivity contribution >= 4 is 5.91 Å². The highest BCUT2D eigenvalue weighted by Crippen LogP contribution is 2.45. The smallest absolute Gasteiger partial charge is 0.280 e. The van der Waals surface area contributed by atoms with E-state index in [-0.39, 0.29) is 0 Å². The van der Waals surface area contributed by atoms with Crippen LogP contribution >= 0.6 is 0 Å². The van der Waals surface area contributed by atoms with Crippen LogP contribution in [0, 0.1) is 0 Å². The van der Waals surface area contributed by atoms with Crippen molar-refractivity contribution in [2.75, 3.05) is 14.2 Å². The van der Waals surface area contributed by atoms with E-state index in [0.29, 0.717) is 6.42 Å². The third-order valence-electron chi connectivity index (χ3n) is 7.27. The van der Waals surface area contributed by atoms with Gasteiger partial charge < -0.3 is 19.9 Å². The Kier molecular flexibility index (Phi) is 11.5. The summed E-state index contributed by atoms with van der Waals surface area (Å²) in [5.74, 6) is -2.56. The molecule has 0 spiro atoms. The minimum Gasteiger partial charge on any atom is -0.375 e. The van der Waals surface area contributed by atoms with E-state index in [1.54, 1.807) is 7.11 Å². The van der Waals surface area contributed by atoms with Crippen LogP contribution in [0.3, 0.4) is 0 Å². The molecule has 0 aliphatic rings. The van der Waals surface area contributed by atoms with E-state index in [4.69, 9.17) is 19.9 Å². The van der Waals surface area contributed by atoms with Crippen LogP contribution in [0.4, 0.5) is 0 Å². The molecule has 5 nitrogen and oxygen atoms in total. The summed E-state index contributed by atoms with van der Waals surface area (Å²) in [4.78, 5) is 13.3. The summed E-state index contributed by atoms with van der Waals surface area (Å²) in [6, 6.07) is 29.6. The number of primary amides is 1. The molecule has 3 aromatic carbocycles. The number of methoxy groups -OCH3 is 2. The molecule has 0 aliphatic heterocycles. The minimum absolute atomic E-state index is 0.579. The average Bonchev–Trinajstić information content (AvgIpc) is 2.97. The van der Waals surface area contributed by atoms with Gasteiger partial charge in [-0.05, 0) is 23.1 Å². The molecule has 1 amide bonds. The molecule has 0 aromatic heterocycles. The predicted molar refractivity (Wildman–Crippen MR) is 153 cm³/mol. The van der Waals surface area contributed by atoms with Crippen molar-refractivity contribution in [3.8, 4) is 0 Å². The quantitative estimate of drug-likeness (QED) is 0.119. The monoisotopic (exact) mass is 517 g/mol. The van der Waals surface area contributed by atoms with Gasteiger partial charge in [0.25, 0.3) is 11.7 Å². The third kappa shape index (κ3) is 6.71. The number of ether oxygens (including phenoxy) is 3. The zero-order valence-corrected chi connectivity index (χ0v) is 23.1. The van der Waals surface area contributed by atoms with Gasteiger partial charge in [0.15, 0.2) is 0 Å². The molecule has 3 rings (SSSR count). The fourth-order valence-corrected chi connectivity index (χ4v) is 5.22. The molecule has 0 fully saturated rings. The first-order valence-corrected chi connectivity index (χ1v) is 13.8. The minimum atomic E-state index is -1.83. The van der Waals surface area contributed by atoms with Gasteiger partial charge in [-0.15, -0.1) is 0 Å². The Morgan fingerprint density at radius 3 is 1.50 bits per heavy atom. The van der Waals surface area contributed by atoms with Crippen molar-refractivity contribution in [3.63, 3.8) is 0 Å². The Morgan fingerprint density at radius 1 is 0.711 bits per heavy atom. The number of hydrogen-bond donors (Lipinski definition) is 1. The van der Waals surface area contributed by atoms with E-state index >= 15 is 0 Å². The van der Waals surface area contributed by atoms with Gasteiger partial charge in [0, 0.05) is 14.2 Å². The molecule has 5 heteroatoms. The summed E-state index contributed by atoms with van der Waals surface area (Å²) in [5.41, 5.74) is 7.49. The number of carbonyl (C=O) groups excluding carboxylic acids is 1. The van der Waals surface area contributed by atoms with Crippen LogP contribution in [0.2, 0.25) is 0 Å². The highest BCUT2D eigenvalue weighted by Gasteiger charge is 2.54. The van der Waals surface area contributed by atoms with E-state index in [9.17, 15) is 4.79 Å². The van der Waals surface area contributed by atoms with Gasteiger partial charge in [0.1, 0.15) is 11.7 Å². The molecule has 38 heavy (non-hydrogen) atoms. The molecule has 0 saturated carbocycles. The van der Waals surface area contributed by atoms with Crippen molar-refractivity contribution in [1.82, 2.24) is 0 Å². The molecule has 204 valence electrons. The number of rotatable bonds is 17. The van der Waals surface area contributed by atoms with Crippen LogP contribution in [0.25, 0.3) is 0 Å². The van der Waals surface area contributed by atoms with Crippen LogP contribution in [-0.4, -0.2) is 32.0 Å². The molecular formula is C33H43NO4. The van der Waals surface area contributed by atoms with Crippen molar-refractivity contribution in [1.29, 1.82) is 0 Å². The van der Waals surface area contributed by atoms with E-state index in [1.165, 1.54) is 32.8 Å². The maximum absolute atomic E-state index is 13.3. The lowest BCUT2D eigenvalue weighted by molar-refractivity contribution is -0.290. The first kappa shape index (κ1) is 29.6. The number of hydrogen-bond acceptors (Lipinski definition) is 4. The lowest BCUT2D eigenvalue weighted by atomic mass is 9.79. The van der Waals surface area contributed by atoms with Crippen molar-refractivity contribution in [2.24, 2.45) is 5.73 Å². The summed E-state index contributed by atoms with van der Waals surface area (Å²) in [6.07, 6.45) is 7.91. The Morgan fingerprint density at radius 2 is 1.13 bits per heavy atom. The Balaban J connectivity index is 2.07. The number of carbonyl (C=O) groups is 1. The first-order chi connectivity index (χ1) is 18.5. The molecule has 0 heterocycles. The molecule has 2 unspecified atom stereocenters. The second-order valence-corrected chi connectivity index (χ2v) is 9.75. The van der Waals surface area contributed by atoms with E-state index in [1.807, 2.05) is 91.0 Å². The molecule has 0 bridgehead atoms. The van der Waals surface area contributed by atoms with Gasteiger partial charge in [-0.25, -0.2) is 0 Å². The standard InChI is InChI=1S/C33H43NO4/c1-4-5-6-7-8-9-19-26-30(36-2)33(37-3,31(34)35)38-32(27-20-13-10-14-21-27,28-22-15-11-16-23-28)29-24-17-12-18-25-29/h10-18,20-25,30H,4-9,19,26H2,1-3H3,(H2,34,35). The number of unbranched alkanes of at least 4 members (excludes halogenated alkanes) is 6. The molecule has 2 N–H and O–H groups in total. The van der Waals surface area contributed by atoms with Crippen LogP contribution in [0.15, 0.2) is 91.0 Å². The molecule has 0 radical (unpaired) electrons. The van der Waals surface area contributed by atoms with Crippen LogP contribution in [-0.2, 0) is 24.6 Å². The largest absolute Gasteiger partial charge is 0.375 e. The lowest BCUT2D eigenvalue weighted by Gasteiger charge is -2.45. The highest BCUT2D eigenvalue weighted by atomic mass is 16.7. The topological polar surface area (TPSA) is 70.8 Å². The van der Waals surface area contributed by atoms with Crippen LogP contribution in [0.1, 0.15) is 75.0 Å². The SMILES string of the molecule is CCCCCCCCCC(OC)C(OC)(OC(c1ccccc1)(c1ccccc1)c1ccccc1)C(N)=O. The Bertz CT molecular complexity index is 977. The predicted octanol–water partition coefficient (Wildman–Crippen LogP) is 6.98. The molecule has 2 atom stereocenters. The molecular weight excluding hydrogens is 474 g/mol. The fourth-order valence-electron chi connectivity index (χ4n) is 5.22. The van der Waals surface area contributed by atoms with E-state index < -0.39 is 23.4 Å². The van der Waals surface area contributed by atoms with Gasteiger partial charge in [-0.3, -0.25) is 4.79 Å². The Hall–Kier alpha value is -2.99. The third-order valence-corrected chi connectivity index (χ3v) is 7.27. The number of nitrogens with two attached hydrogens (primary N) is 1. The molecule has 3 aromatic rings. The maximum Gasteiger partial charge on any atom is 0.280 e. The highest BCUT2D eigenvalue weighted by molar-refractivity contribution is 5.83. The molecule has 0 aliphatic carbocycles. The number of amides is 1. The second-order valence-electron chi connectivity index (χ2n) is 9.75. The van der Waals surface area contributed by atoms with Gasteiger partial charge in [0.2, 0.25) is 0 Å². The summed E-state index contributed by atoms with van der Waals surface area (Å²) in [6.45, 7) is 2.22. The summed E-state index contributed by atoms with van der Waals surface area (Å²) in [7, 11) is 3.05. The maximum atomic E-state index is 13.3. The van der Waals surface area contributed by atoms with Gasteiger partial charge in [0.05, 0.1) is 0 Å². The molecule has 0 saturated heterocycles. The summed E-state index contributed by atoms with van der Waals surface area (Å²) < 4.78 is 18.9. The van der Waals surface area contributed by atoms with E-state index in [0.717, 1.165) is 36.0 Å². The zero-order valence-electron chi connectivity index (χ0n) is 23.1. The van der Waals surface area contributed by atoms with Crippen molar-refractivity contribution in [3.05, 3.63) is 108 Å². The fraction of sp³-hybridized carbons (Fsp3) is 0.424. The summed E-state index contributed by atoms with van der Waals surface area (Å²) >= 11 is 0. The zero-order chi connectivity index (χ0) is 27.3. The lowest BCUT2D eigenvalue weighted by Crippen LogP contribution is -2.61. The van der Waals surface area contributed by atoms with Crippen LogP contribution < -0.4 is 5.73 Å².